The minimum Gasteiger partial charge on any atom is -0.495 e. The van der Waals surface area contributed by atoms with E-state index in [1.54, 1.807) is 24.3 Å². The van der Waals surface area contributed by atoms with Gasteiger partial charge < -0.3 is 4.74 Å². The number of nitrogens with one attached hydrogen (secondary N) is 1. The van der Waals surface area contributed by atoms with E-state index in [1.165, 1.54) is 19.2 Å². The van der Waals surface area contributed by atoms with Crippen molar-refractivity contribution in [3.8, 4) is 5.75 Å². The van der Waals surface area contributed by atoms with Gasteiger partial charge in [-0.15, -0.1) is 0 Å². The average molecular weight is 500 g/mol. The van der Waals surface area contributed by atoms with Gasteiger partial charge in [0.25, 0.3) is 10.0 Å². The maximum absolute atomic E-state index is 12.3. The lowest BCUT2D eigenvalue weighted by atomic mass is 10.3. The molecule has 112 valence electrons. The molecule has 2 aromatic rings. The van der Waals surface area contributed by atoms with Crippen LogP contribution in [0.25, 0.3) is 0 Å². The molecule has 0 spiro atoms. The number of halogens is 3. The molecular weight excluding hydrogens is 490 g/mol. The maximum Gasteiger partial charge on any atom is 0.261 e. The number of rotatable bonds is 4. The van der Waals surface area contributed by atoms with E-state index < -0.39 is 10.0 Å². The van der Waals surface area contributed by atoms with E-state index >= 15 is 0 Å². The molecule has 0 aliphatic carbocycles. The van der Waals surface area contributed by atoms with Gasteiger partial charge in [0.1, 0.15) is 5.75 Å². The Morgan fingerprint density at radius 2 is 1.62 bits per heavy atom. The third-order valence-corrected chi connectivity index (χ3v) is 5.80. The average Bonchev–Trinajstić information content (AvgIpc) is 2.42. The molecule has 2 rings (SSSR count). The molecule has 8 heteroatoms. The molecule has 0 radical (unpaired) electrons. The molecule has 21 heavy (non-hydrogen) atoms. The van der Waals surface area contributed by atoms with Gasteiger partial charge in [0, 0.05) is 15.0 Å². The summed E-state index contributed by atoms with van der Waals surface area (Å²) in [6, 6.07) is 9.72. The van der Waals surface area contributed by atoms with E-state index in [-0.39, 0.29) is 4.90 Å². The Balaban J connectivity index is 2.39. The summed E-state index contributed by atoms with van der Waals surface area (Å²) >= 11 is 9.94. The highest BCUT2D eigenvalue weighted by molar-refractivity contribution is 9.11. The van der Waals surface area contributed by atoms with E-state index in [9.17, 15) is 8.42 Å². The first-order chi connectivity index (χ1) is 9.83. The molecule has 0 heterocycles. The number of methoxy groups -OCH3 is 1. The van der Waals surface area contributed by atoms with Crippen molar-refractivity contribution in [3.05, 3.63) is 49.8 Å². The summed E-state index contributed by atoms with van der Waals surface area (Å²) in [5.74, 6) is 0.534. The van der Waals surface area contributed by atoms with Crippen molar-refractivity contribution >= 4 is 63.5 Å². The van der Waals surface area contributed by atoms with Gasteiger partial charge in [-0.2, -0.15) is 0 Å². The van der Waals surface area contributed by atoms with Crippen LogP contribution in [0.15, 0.2) is 54.7 Å². The van der Waals surface area contributed by atoms with Gasteiger partial charge in [0.2, 0.25) is 0 Å². The Hall–Kier alpha value is -0.570. The summed E-state index contributed by atoms with van der Waals surface area (Å²) in [6.07, 6.45) is 0. The van der Waals surface area contributed by atoms with Crippen molar-refractivity contribution in [1.29, 1.82) is 0 Å². The summed E-state index contributed by atoms with van der Waals surface area (Å²) in [5.41, 5.74) is 0.401. The first-order valence-electron chi connectivity index (χ1n) is 5.65. The van der Waals surface area contributed by atoms with Crippen LogP contribution in [0.4, 0.5) is 5.69 Å². The van der Waals surface area contributed by atoms with Gasteiger partial charge in [-0.3, -0.25) is 4.72 Å². The number of hydrogen-bond donors (Lipinski definition) is 1. The summed E-state index contributed by atoms with van der Waals surface area (Å²) in [5, 5.41) is 0. The Labute approximate surface area is 148 Å². The van der Waals surface area contributed by atoms with E-state index in [4.69, 9.17) is 4.74 Å². The van der Waals surface area contributed by atoms with Gasteiger partial charge in [-0.1, -0.05) is 15.9 Å². The number of anilines is 1. The van der Waals surface area contributed by atoms with Crippen LogP contribution in [0.5, 0.6) is 5.75 Å². The van der Waals surface area contributed by atoms with Crippen molar-refractivity contribution in [2.45, 2.75) is 4.90 Å². The maximum atomic E-state index is 12.3. The molecule has 2 aromatic carbocycles. The number of ether oxygens (including phenoxy) is 1. The second kappa shape index (κ2) is 6.68. The normalized spacial score (nSPS) is 11.2. The predicted molar refractivity (Wildman–Crippen MR) is 93.3 cm³/mol. The van der Waals surface area contributed by atoms with Crippen molar-refractivity contribution < 1.29 is 13.2 Å². The van der Waals surface area contributed by atoms with Gasteiger partial charge >= 0.3 is 0 Å². The molecule has 0 aliphatic rings. The van der Waals surface area contributed by atoms with Crippen LogP contribution in [-0.2, 0) is 10.0 Å². The number of hydrogen-bond acceptors (Lipinski definition) is 3. The molecule has 4 nitrogen and oxygen atoms in total. The van der Waals surface area contributed by atoms with Crippen molar-refractivity contribution in [3.63, 3.8) is 0 Å². The molecule has 0 unspecified atom stereocenters. The lowest BCUT2D eigenvalue weighted by Gasteiger charge is -2.12. The Kier molecular flexibility index (Phi) is 5.34. The van der Waals surface area contributed by atoms with Crippen LogP contribution in [0.1, 0.15) is 0 Å². The second-order valence-corrected chi connectivity index (χ2v) is 8.33. The molecular formula is C13H10Br3NO3S. The first kappa shape index (κ1) is 16.8. The molecule has 0 atom stereocenters. The van der Waals surface area contributed by atoms with E-state index in [2.05, 4.69) is 52.5 Å². The molecule has 0 aromatic heterocycles. The fourth-order valence-electron chi connectivity index (χ4n) is 1.58. The summed E-state index contributed by atoms with van der Waals surface area (Å²) in [7, 11) is -2.15. The van der Waals surface area contributed by atoms with Crippen LogP contribution in [0.2, 0.25) is 0 Å². The highest BCUT2D eigenvalue weighted by Crippen LogP contribution is 2.35. The second-order valence-electron chi connectivity index (χ2n) is 4.03. The van der Waals surface area contributed by atoms with E-state index in [1.807, 2.05) is 0 Å². The first-order valence-corrected chi connectivity index (χ1v) is 9.51. The molecule has 0 saturated heterocycles. The number of sulfonamides is 1. The van der Waals surface area contributed by atoms with Gasteiger partial charge in [-0.05, 0) is 62.2 Å². The monoisotopic (exact) mass is 497 g/mol. The standard InChI is InChI=1S/C13H10Br3NO3S/c1-20-13-7-12(10(15)6-11(13)16)17-21(18,19)9-4-2-8(14)3-5-9/h2-7,17H,1H3. The zero-order chi connectivity index (χ0) is 15.6. The van der Waals surface area contributed by atoms with Crippen LogP contribution >= 0.6 is 47.8 Å². The van der Waals surface area contributed by atoms with E-state index in [0.29, 0.717) is 15.9 Å². The van der Waals surface area contributed by atoms with Gasteiger partial charge in [-0.25, -0.2) is 8.42 Å². The molecule has 0 amide bonds. The van der Waals surface area contributed by atoms with Crippen molar-refractivity contribution in [2.75, 3.05) is 11.8 Å². The molecule has 0 bridgehead atoms. The largest absolute Gasteiger partial charge is 0.495 e. The van der Waals surface area contributed by atoms with Gasteiger partial charge in [0.15, 0.2) is 0 Å². The zero-order valence-electron chi connectivity index (χ0n) is 10.7. The Morgan fingerprint density at radius 1 is 1.00 bits per heavy atom. The van der Waals surface area contributed by atoms with Crippen LogP contribution < -0.4 is 9.46 Å². The minimum absolute atomic E-state index is 0.180. The van der Waals surface area contributed by atoms with Gasteiger partial charge in [0.05, 0.1) is 22.2 Å². The van der Waals surface area contributed by atoms with Crippen LogP contribution in [0.3, 0.4) is 0 Å². The third-order valence-electron chi connectivity index (χ3n) is 2.61. The Bertz CT molecular complexity index is 761. The minimum atomic E-state index is -3.66. The Morgan fingerprint density at radius 3 is 2.19 bits per heavy atom. The summed E-state index contributed by atoms with van der Waals surface area (Å²) in [4.78, 5) is 0.180. The highest BCUT2D eigenvalue weighted by atomic mass is 79.9. The molecule has 1 N–H and O–H groups in total. The van der Waals surface area contributed by atoms with Crippen LogP contribution in [0, 0.1) is 0 Å². The SMILES string of the molecule is COc1cc(NS(=O)(=O)c2ccc(Br)cc2)c(Br)cc1Br. The molecule has 0 fully saturated rings. The van der Waals surface area contributed by atoms with Crippen LogP contribution in [-0.4, -0.2) is 15.5 Å². The lowest BCUT2D eigenvalue weighted by Crippen LogP contribution is -2.13. The number of benzene rings is 2. The quantitative estimate of drug-likeness (QED) is 0.658. The summed E-state index contributed by atoms with van der Waals surface area (Å²) < 4.78 is 34.5. The smallest absolute Gasteiger partial charge is 0.261 e. The molecule has 0 aliphatic heterocycles. The van der Waals surface area contributed by atoms with E-state index in [0.717, 1.165) is 8.95 Å². The lowest BCUT2D eigenvalue weighted by molar-refractivity contribution is 0.412. The fraction of sp³-hybridized carbons (Fsp3) is 0.0769. The highest BCUT2D eigenvalue weighted by Gasteiger charge is 2.17. The topological polar surface area (TPSA) is 55.4 Å². The summed E-state index contributed by atoms with van der Waals surface area (Å²) in [6.45, 7) is 0. The van der Waals surface area contributed by atoms with Crippen molar-refractivity contribution in [1.82, 2.24) is 0 Å². The fourth-order valence-corrected chi connectivity index (χ4v) is 4.30. The third kappa shape index (κ3) is 4.00. The zero-order valence-corrected chi connectivity index (χ0v) is 16.3. The predicted octanol–water partition coefficient (Wildman–Crippen LogP) is 4.78. The molecule has 0 saturated carbocycles. The van der Waals surface area contributed by atoms with Crippen molar-refractivity contribution in [2.24, 2.45) is 0 Å².